The number of benzene rings is 2. The average Bonchev–Trinajstić information content (AvgIpc) is 2.89. The highest BCUT2D eigenvalue weighted by Crippen LogP contribution is 2.33. The van der Waals surface area contributed by atoms with E-state index in [1.54, 1.807) is 12.1 Å². The highest BCUT2D eigenvalue weighted by atomic mass is 19.1. The standard InChI is InChI=1S/C17H12FNO3/c1-2-21-13-5-3-4-10-14-17(22-16(10)13)15(20)11-8-9(18)6-7-12(11)19-14/h3-8H,2H2,1H3,(H,19,20). The first-order chi connectivity index (χ1) is 10.7. The first-order valence-electron chi connectivity index (χ1n) is 6.98. The zero-order chi connectivity index (χ0) is 15.3. The fraction of sp³-hybridized carbons (Fsp3) is 0.118. The number of para-hydroxylation sites is 1. The van der Waals surface area contributed by atoms with Crippen molar-refractivity contribution in [2.24, 2.45) is 0 Å². The highest BCUT2D eigenvalue weighted by molar-refractivity contribution is 6.07. The summed E-state index contributed by atoms with van der Waals surface area (Å²) in [5.74, 6) is 0.128. The molecule has 2 aromatic carbocycles. The third-order valence-electron chi connectivity index (χ3n) is 3.67. The van der Waals surface area contributed by atoms with Crippen molar-refractivity contribution in [2.75, 3.05) is 6.61 Å². The van der Waals surface area contributed by atoms with Crippen molar-refractivity contribution in [3.63, 3.8) is 0 Å². The molecule has 0 amide bonds. The van der Waals surface area contributed by atoms with Gasteiger partial charge in [-0.25, -0.2) is 4.39 Å². The van der Waals surface area contributed by atoms with Crippen molar-refractivity contribution in [1.29, 1.82) is 0 Å². The first-order valence-corrected chi connectivity index (χ1v) is 6.98. The second-order valence-electron chi connectivity index (χ2n) is 5.02. The van der Waals surface area contributed by atoms with Crippen LogP contribution in [-0.2, 0) is 0 Å². The summed E-state index contributed by atoms with van der Waals surface area (Å²) in [5.41, 5.74) is 1.54. The zero-order valence-corrected chi connectivity index (χ0v) is 11.8. The Morgan fingerprint density at radius 1 is 1.18 bits per heavy atom. The molecule has 110 valence electrons. The molecule has 0 fully saturated rings. The molecule has 22 heavy (non-hydrogen) atoms. The molecule has 0 unspecified atom stereocenters. The number of aromatic amines is 1. The Kier molecular flexibility index (Phi) is 2.69. The molecule has 4 rings (SSSR count). The molecule has 0 radical (unpaired) electrons. The second-order valence-corrected chi connectivity index (χ2v) is 5.02. The van der Waals surface area contributed by atoms with Gasteiger partial charge in [-0.2, -0.15) is 0 Å². The van der Waals surface area contributed by atoms with Gasteiger partial charge in [-0.15, -0.1) is 0 Å². The summed E-state index contributed by atoms with van der Waals surface area (Å²) < 4.78 is 24.6. The van der Waals surface area contributed by atoms with Crippen LogP contribution >= 0.6 is 0 Å². The molecular formula is C17H12FNO3. The van der Waals surface area contributed by atoms with Gasteiger partial charge in [0.05, 0.1) is 23.0 Å². The molecule has 0 saturated heterocycles. The van der Waals surface area contributed by atoms with E-state index >= 15 is 0 Å². The first kappa shape index (κ1) is 12.9. The van der Waals surface area contributed by atoms with Gasteiger partial charge < -0.3 is 14.1 Å². The lowest BCUT2D eigenvalue weighted by Crippen LogP contribution is -2.02. The predicted molar refractivity (Wildman–Crippen MR) is 83.0 cm³/mol. The van der Waals surface area contributed by atoms with Gasteiger partial charge in [0.1, 0.15) is 5.82 Å². The van der Waals surface area contributed by atoms with Crippen LogP contribution in [0, 0.1) is 5.82 Å². The van der Waals surface area contributed by atoms with Gasteiger partial charge in [0.25, 0.3) is 0 Å². The number of ether oxygens (including phenoxy) is 1. The normalized spacial score (nSPS) is 11.5. The molecular weight excluding hydrogens is 285 g/mol. The minimum atomic E-state index is -0.455. The summed E-state index contributed by atoms with van der Waals surface area (Å²) in [4.78, 5) is 15.7. The fourth-order valence-corrected chi connectivity index (χ4v) is 2.72. The third-order valence-corrected chi connectivity index (χ3v) is 3.67. The number of aromatic nitrogens is 1. The number of pyridine rings is 1. The molecule has 0 saturated carbocycles. The maximum absolute atomic E-state index is 13.4. The number of furan rings is 1. The Hall–Kier alpha value is -2.82. The van der Waals surface area contributed by atoms with Crippen LogP contribution in [0.4, 0.5) is 4.39 Å². The van der Waals surface area contributed by atoms with Gasteiger partial charge in [0.2, 0.25) is 5.43 Å². The van der Waals surface area contributed by atoms with Gasteiger partial charge in [-0.1, -0.05) is 6.07 Å². The molecule has 0 atom stereocenters. The lowest BCUT2D eigenvalue weighted by Gasteiger charge is -2.01. The van der Waals surface area contributed by atoms with E-state index < -0.39 is 5.82 Å². The van der Waals surface area contributed by atoms with Crippen molar-refractivity contribution in [1.82, 2.24) is 4.98 Å². The van der Waals surface area contributed by atoms with Crippen molar-refractivity contribution in [3.8, 4) is 5.75 Å². The number of hydrogen-bond acceptors (Lipinski definition) is 3. The molecule has 2 aromatic heterocycles. The molecule has 4 nitrogen and oxygen atoms in total. The molecule has 2 heterocycles. The number of fused-ring (bicyclic) bond motifs is 4. The molecule has 0 spiro atoms. The topological polar surface area (TPSA) is 55.2 Å². The van der Waals surface area contributed by atoms with Gasteiger partial charge in [0, 0.05) is 5.39 Å². The molecule has 0 aliphatic carbocycles. The van der Waals surface area contributed by atoms with E-state index in [9.17, 15) is 9.18 Å². The van der Waals surface area contributed by atoms with Crippen LogP contribution in [0.5, 0.6) is 5.75 Å². The number of H-pyrrole nitrogens is 1. The summed E-state index contributed by atoms with van der Waals surface area (Å²) >= 11 is 0. The number of halogens is 1. The van der Waals surface area contributed by atoms with Gasteiger partial charge in [-0.3, -0.25) is 4.79 Å². The SMILES string of the molecule is CCOc1cccc2c1oc1c(=O)c3cc(F)ccc3[nH]c12. The molecule has 0 aliphatic rings. The second kappa shape index (κ2) is 4.59. The zero-order valence-electron chi connectivity index (χ0n) is 11.8. The van der Waals surface area contributed by atoms with E-state index in [0.717, 1.165) is 5.39 Å². The van der Waals surface area contributed by atoms with Crippen LogP contribution in [0.25, 0.3) is 33.0 Å². The van der Waals surface area contributed by atoms with Crippen LogP contribution < -0.4 is 10.2 Å². The van der Waals surface area contributed by atoms with E-state index in [2.05, 4.69) is 4.98 Å². The summed E-state index contributed by atoms with van der Waals surface area (Å²) in [5, 5.41) is 1.04. The molecule has 0 bridgehead atoms. The summed E-state index contributed by atoms with van der Waals surface area (Å²) in [6.07, 6.45) is 0. The summed E-state index contributed by atoms with van der Waals surface area (Å²) in [7, 11) is 0. The Labute approximate surface area is 124 Å². The quantitative estimate of drug-likeness (QED) is 0.609. The van der Waals surface area contributed by atoms with E-state index in [0.29, 0.717) is 29.0 Å². The van der Waals surface area contributed by atoms with E-state index in [-0.39, 0.29) is 16.4 Å². The van der Waals surface area contributed by atoms with Gasteiger partial charge in [0.15, 0.2) is 16.9 Å². The molecule has 4 aromatic rings. The van der Waals surface area contributed by atoms with Crippen molar-refractivity contribution < 1.29 is 13.5 Å². The predicted octanol–water partition coefficient (Wildman–Crippen LogP) is 3.97. The van der Waals surface area contributed by atoms with E-state index in [4.69, 9.17) is 9.15 Å². The minimum absolute atomic E-state index is 0.181. The average molecular weight is 297 g/mol. The summed E-state index contributed by atoms with van der Waals surface area (Å²) in [6, 6.07) is 9.57. The number of hydrogen-bond donors (Lipinski definition) is 1. The Balaban J connectivity index is 2.19. The van der Waals surface area contributed by atoms with Crippen LogP contribution in [-0.4, -0.2) is 11.6 Å². The van der Waals surface area contributed by atoms with E-state index in [1.807, 2.05) is 19.1 Å². The van der Waals surface area contributed by atoms with Crippen molar-refractivity contribution in [3.05, 3.63) is 52.4 Å². The maximum atomic E-state index is 13.4. The maximum Gasteiger partial charge on any atom is 0.232 e. The van der Waals surface area contributed by atoms with Gasteiger partial charge >= 0.3 is 0 Å². The monoisotopic (exact) mass is 297 g/mol. The lowest BCUT2D eigenvalue weighted by atomic mass is 10.1. The van der Waals surface area contributed by atoms with Gasteiger partial charge in [-0.05, 0) is 37.3 Å². The highest BCUT2D eigenvalue weighted by Gasteiger charge is 2.16. The number of rotatable bonds is 2. The molecule has 1 N–H and O–H groups in total. The van der Waals surface area contributed by atoms with Crippen LogP contribution in [0.1, 0.15) is 6.92 Å². The smallest absolute Gasteiger partial charge is 0.232 e. The lowest BCUT2D eigenvalue weighted by molar-refractivity contribution is 0.339. The Bertz CT molecular complexity index is 1080. The van der Waals surface area contributed by atoms with E-state index in [1.165, 1.54) is 12.1 Å². The molecule has 0 aliphatic heterocycles. The minimum Gasteiger partial charge on any atom is -0.490 e. The third kappa shape index (κ3) is 1.72. The van der Waals surface area contributed by atoms with Crippen LogP contribution in [0.3, 0.4) is 0 Å². The van der Waals surface area contributed by atoms with Crippen LogP contribution in [0.15, 0.2) is 45.6 Å². The van der Waals surface area contributed by atoms with Crippen molar-refractivity contribution >= 4 is 33.0 Å². The fourth-order valence-electron chi connectivity index (χ4n) is 2.72. The van der Waals surface area contributed by atoms with Crippen molar-refractivity contribution in [2.45, 2.75) is 6.92 Å². The Morgan fingerprint density at radius 2 is 2.05 bits per heavy atom. The molecule has 5 heteroatoms. The largest absolute Gasteiger partial charge is 0.490 e. The summed E-state index contributed by atoms with van der Waals surface area (Å²) in [6.45, 7) is 2.38. The van der Waals surface area contributed by atoms with Crippen LogP contribution in [0.2, 0.25) is 0 Å². The number of nitrogens with one attached hydrogen (secondary N) is 1. The Morgan fingerprint density at radius 3 is 2.86 bits per heavy atom.